The molecule has 1 saturated heterocycles. The number of nitrogens with one attached hydrogen (secondary N) is 2. The van der Waals surface area contributed by atoms with Crippen LogP contribution in [0.1, 0.15) is 6.92 Å². The molecule has 0 aliphatic carbocycles. The summed E-state index contributed by atoms with van der Waals surface area (Å²) >= 11 is 5.03. The Morgan fingerprint density at radius 2 is 2.26 bits per heavy atom. The number of aliphatic hydroxyl groups is 3. The summed E-state index contributed by atoms with van der Waals surface area (Å²) in [6.07, 6.45) is -1.60. The van der Waals surface area contributed by atoms with Crippen molar-refractivity contribution in [3.05, 3.63) is 27.4 Å². The van der Waals surface area contributed by atoms with Gasteiger partial charge in [0.15, 0.2) is 16.2 Å². The Kier molecular flexibility index (Phi) is 4.71. The fourth-order valence-corrected chi connectivity index (χ4v) is 2.94. The van der Waals surface area contributed by atoms with Gasteiger partial charge >= 0.3 is 5.97 Å². The van der Waals surface area contributed by atoms with Crippen LogP contribution in [0.3, 0.4) is 0 Å². The predicted octanol–water partition coefficient (Wildman–Crippen LogP) is -2.31. The van der Waals surface area contributed by atoms with Crippen LogP contribution in [0.25, 0.3) is 0 Å². The van der Waals surface area contributed by atoms with E-state index in [9.17, 15) is 24.9 Å². The summed E-state index contributed by atoms with van der Waals surface area (Å²) < 4.78 is 6.59. The summed E-state index contributed by atoms with van der Waals surface area (Å²) in [4.78, 5) is 24.4. The van der Waals surface area contributed by atoms with Gasteiger partial charge in [0.2, 0.25) is 0 Å². The summed E-state index contributed by atoms with van der Waals surface area (Å²) in [6, 6.07) is 1.13. The molecule has 4 atom stereocenters. The fraction of sp³-hybridized carbons (Fsp3) is 0.583. The Hall–Kier alpha value is -1.63. The Morgan fingerprint density at radius 1 is 1.61 bits per heavy atom. The van der Waals surface area contributed by atoms with Gasteiger partial charge in [-0.25, -0.2) is 0 Å². The number of aliphatic carboxylic acids is 1. The second-order valence-electron chi connectivity index (χ2n) is 5.26. The Morgan fingerprint density at radius 3 is 2.78 bits per heavy atom. The molecule has 0 aromatic carbocycles. The number of aliphatic hydroxyl groups excluding tert-OH is 2. The van der Waals surface area contributed by atoms with E-state index in [0.717, 1.165) is 10.6 Å². The van der Waals surface area contributed by atoms with Crippen LogP contribution in [0.2, 0.25) is 0 Å². The van der Waals surface area contributed by atoms with Gasteiger partial charge in [-0.2, -0.15) is 0 Å². The van der Waals surface area contributed by atoms with E-state index in [1.165, 1.54) is 13.1 Å². The molecule has 0 unspecified atom stereocenters. The van der Waals surface area contributed by atoms with Crippen LogP contribution in [-0.4, -0.2) is 67.0 Å². The van der Waals surface area contributed by atoms with E-state index >= 15 is 0 Å². The van der Waals surface area contributed by atoms with Gasteiger partial charge < -0.3 is 25.2 Å². The molecule has 0 amide bonds. The molecule has 10 nitrogen and oxygen atoms in total. The molecule has 2 rings (SSSR count). The van der Waals surface area contributed by atoms with Crippen molar-refractivity contribution in [3.63, 3.8) is 0 Å². The van der Waals surface area contributed by atoms with Gasteiger partial charge in [-0.1, -0.05) is 0 Å². The van der Waals surface area contributed by atoms with Crippen molar-refractivity contribution in [3.8, 4) is 0 Å². The number of aromatic amines is 1. The fourth-order valence-electron chi connectivity index (χ4n) is 2.60. The molecule has 23 heavy (non-hydrogen) atoms. The van der Waals surface area contributed by atoms with Gasteiger partial charge in [0.1, 0.15) is 12.2 Å². The van der Waals surface area contributed by atoms with Crippen LogP contribution < -0.4 is 10.9 Å². The first-order valence-corrected chi connectivity index (χ1v) is 7.05. The first-order valence-electron chi connectivity index (χ1n) is 6.64. The molecule has 0 radical (unpaired) electrons. The molecule has 2 heterocycles. The monoisotopic (exact) mass is 347 g/mol. The molecule has 1 fully saturated rings. The molecule has 128 valence electrons. The van der Waals surface area contributed by atoms with Crippen molar-refractivity contribution in [2.24, 2.45) is 0 Å². The lowest BCUT2D eigenvalue weighted by molar-refractivity contribution is -0.201. The quantitative estimate of drug-likeness (QED) is 0.254. The molecule has 1 aromatic heterocycles. The van der Waals surface area contributed by atoms with Gasteiger partial charge in [0, 0.05) is 12.3 Å². The zero-order valence-corrected chi connectivity index (χ0v) is 12.9. The van der Waals surface area contributed by atoms with Crippen LogP contribution in [-0.2, 0) is 15.3 Å². The number of H-pyrrole nitrogens is 1. The third kappa shape index (κ3) is 2.82. The normalized spacial score (nSPS) is 33.7. The minimum absolute atomic E-state index is 0.110. The number of carboxylic acids is 1. The van der Waals surface area contributed by atoms with Crippen molar-refractivity contribution in [2.45, 2.75) is 30.6 Å². The minimum atomic E-state index is -2.28. The van der Waals surface area contributed by atoms with Gasteiger partial charge in [-0.15, -0.1) is 0 Å². The number of hydrogen-bond acceptors (Lipinski definition) is 8. The predicted molar refractivity (Wildman–Crippen MR) is 78.1 cm³/mol. The van der Waals surface area contributed by atoms with Crippen molar-refractivity contribution >= 4 is 18.2 Å². The first kappa shape index (κ1) is 17.7. The maximum Gasteiger partial charge on any atom is 0.317 e. The molecular weight excluding hydrogens is 330 g/mol. The lowest BCUT2D eigenvalue weighted by Crippen LogP contribution is -2.66. The summed E-state index contributed by atoms with van der Waals surface area (Å²) in [6.45, 7) is 0.0423. The Balaban J connectivity index is 2.56. The number of ether oxygens (including phenoxy) is 1. The van der Waals surface area contributed by atoms with E-state index in [1.54, 1.807) is 0 Å². The number of carbonyl (C=O) groups is 1. The van der Waals surface area contributed by atoms with Gasteiger partial charge in [0.25, 0.3) is 5.56 Å². The summed E-state index contributed by atoms with van der Waals surface area (Å²) in [7, 11) is 0. The average molecular weight is 347 g/mol. The molecule has 0 saturated carbocycles. The van der Waals surface area contributed by atoms with Crippen LogP contribution in [0.4, 0.5) is 0 Å². The highest BCUT2D eigenvalue weighted by Crippen LogP contribution is 2.41. The molecule has 1 aliphatic heterocycles. The Bertz CT molecular complexity index is 719. The number of carboxylic acid groups (broad SMARTS) is 1. The van der Waals surface area contributed by atoms with E-state index in [4.69, 9.17) is 22.1 Å². The standard InChI is InChI=1S/C12H17N3O7S/c1-11(15-3-2-7(17)14-10(15)23)12(21,13-4-8(18)19)9(20)6(5-16)22-11/h2-3,6,9,13,16,20-21H,4-5H2,1H3,(H,18,19)(H,14,17,23)/t6-,9-,11-,12-/m1/s1. The van der Waals surface area contributed by atoms with Gasteiger partial charge in [0.05, 0.1) is 13.2 Å². The van der Waals surface area contributed by atoms with E-state index < -0.39 is 48.3 Å². The van der Waals surface area contributed by atoms with Crippen molar-refractivity contribution in [1.82, 2.24) is 14.9 Å². The lowest BCUT2D eigenvalue weighted by Gasteiger charge is -2.40. The van der Waals surface area contributed by atoms with Crippen LogP contribution >= 0.6 is 12.2 Å². The average Bonchev–Trinajstić information content (AvgIpc) is 2.67. The maximum atomic E-state index is 11.3. The third-order valence-electron chi connectivity index (χ3n) is 3.84. The van der Waals surface area contributed by atoms with E-state index in [1.807, 2.05) is 0 Å². The lowest BCUT2D eigenvalue weighted by atomic mass is 9.95. The van der Waals surface area contributed by atoms with Crippen molar-refractivity contribution < 1.29 is 30.0 Å². The van der Waals surface area contributed by atoms with E-state index in [-0.39, 0.29) is 4.77 Å². The van der Waals surface area contributed by atoms with Crippen LogP contribution in [0.5, 0.6) is 0 Å². The summed E-state index contributed by atoms with van der Waals surface area (Å²) in [5, 5.41) is 41.5. The highest BCUT2D eigenvalue weighted by Gasteiger charge is 2.64. The Labute approximate surface area is 135 Å². The van der Waals surface area contributed by atoms with Gasteiger partial charge in [-0.3, -0.25) is 24.5 Å². The number of hydrogen-bond donors (Lipinski definition) is 6. The number of rotatable bonds is 5. The summed E-state index contributed by atoms with van der Waals surface area (Å²) in [5.41, 5.74) is -4.54. The number of nitrogens with zero attached hydrogens (tertiary/aromatic N) is 1. The molecule has 0 bridgehead atoms. The van der Waals surface area contributed by atoms with Crippen LogP contribution in [0.15, 0.2) is 17.1 Å². The topological polar surface area (TPSA) is 157 Å². The highest BCUT2D eigenvalue weighted by atomic mass is 32.1. The molecular formula is C12H17N3O7S. The first-order chi connectivity index (χ1) is 10.7. The highest BCUT2D eigenvalue weighted by molar-refractivity contribution is 7.71. The largest absolute Gasteiger partial charge is 0.480 e. The molecule has 0 spiro atoms. The smallest absolute Gasteiger partial charge is 0.317 e. The zero-order valence-electron chi connectivity index (χ0n) is 12.1. The molecule has 11 heteroatoms. The second-order valence-corrected chi connectivity index (χ2v) is 5.65. The zero-order chi connectivity index (χ0) is 17.4. The maximum absolute atomic E-state index is 11.3. The van der Waals surface area contributed by atoms with Crippen molar-refractivity contribution in [1.29, 1.82) is 0 Å². The van der Waals surface area contributed by atoms with E-state index in [2.05, 4.69) is 10.3 Å². The molecule has 1 aliphatic rings. The molecule has 1 aromatic rings. The minimum Gasteiger partial charge on any atom is -0.480 e. The summed E-state index contributed by atoms with van der Waals surface area (Å²) in [5.74, 6) is -1.27. The third-order valence-corrected chi connectivity index (χ3v) is 4.14. The van der Waals surface area contributed by atoms with Crippen molar-refractivity contribution in [2.75, 3.05) is 13.2 Å². The number of aromatic nitrogens is 2. The van der Waals surface area contributed by atoms with E-state index in [0.29, 0.717) is 0 Å². The molecule has 6 N–H and O–H groups in total. The van der Waals surface area contributed by atoms with Gasteiger partial charge in [-0.05, 0) is 19.1 Å². The second kappa shape index (κ2) is 6.11. The van der Waals surface area contributed by atoms with Crippen LogP contribution in [0, 0.1) is 4.77 Å². The SMILES string of the molecule is C[C@@]1(n2ccc(=O)[nH]c2=S)O[C@H](CO)[C@@H](O)[C@]1(O)NCC(=O)O.